The predicted molar refractivity (Wildman–Crippen MR) is 109 cm³/mol. The molecule has 10 heteroatoms. The van der Waals surface area contributed by atoms with E-state index in [9.17, 15) is 23.3 Å². The maximum Gasteiger partial charge on any atom is 0.363 e. The van der Waals surface area contributed by atoms with Gasteiger partial charge in [0, 0.05) is 5.56 Å². The standard InChI is InChI=1S/C20H18N2O7S/c1-13-4-10-18(11-5-13)30(26,27)29-21-16(7-9-17-8-6-15(3)28-17)12-14(2)19(20(21)23)22(24)25/h4-12H,1-3H3. The van der Waals surface area contributed by atoms with Gasteiger partial charge in [0.05, 0.1) is 10.6 Å². The first-order chi connectivity index (χ1) is 14.1. The lowest BCUT2D eigenvalue weighted by Gasteiger charge is -2.12. The first-order valence-corrected chi connectivity index (χ1v) is 10.2. The van der Waals surface area contributed by atoms with Crippen LogP contribution in [-0.2, 0) is 10.1 Å². The molecule has 30 heavy (non-hydrogen) atoms. The molecule has 0 bridgehead atoms. The zero-order chi connectivity index (χ0) is 22.1. The largest absolute Gasteiger partial charge is 0.462 e. The number of nitro groups is 1. The number of aromatic nitrogens is 1. The summed E-state index contributed by atoms with van der Waals surface area (Å²) in [5, 5.41) is 11.3. The van der Waals surface area contributed by atoms with Gasteiger partial charge in [0.25, 0.3) is 0 Å². The van der Waals surface area contributed by atoms with E-state index in [2.05, 4.69) is 0 Å². The fourth-order valence-electron chi connectivity index (χ4n) is 2.70. The molecule has 0 atom stereocenters. The van der Waals surface area contributed by atoms with Crippen LogP contribution < -0.4 is 9.84 Å². The molecule has 0 spiro atoms. The lowest BCUT2D eigenvalue weighted by molar-refractivity contribution is -0.387. The number of pyridine rings is 1. The van der Waals surface area contributed by atoms with Crippen molar-refractivity contribution >= 4 is 28.0 Å². The highest BCUT2D eigenvalue weighted by molar-refractivity contribution is 7.87. The normalized spacial score (nSPS) is 11.7. The number of hydrogen-bond donors (Lipinski definition) is 0. The molecule has 9 nitrogen and oxygen atoms in total. The van der Waals surface area contributed by atoms with Crippen molar-refractivity contribution < 1.29 is 22.0 Å². The van der Waals surface area contributed by atoms with Gasteiger partial charge in [0.2, 0.25) is 0 Å². The van der Waals surface area contributed by atoms with Crippen LogP contribution in [0, 0.1) is 30.9 Å². The summed E-state index contributed by atoms with van der Waals surface area (Å²) in [6, 6.07) is 10.5. The van der Waals surface area contributed by atoms with Gasteiger partial charge in [-0.15, -0.1) is 4.73 Å². The Morgan fingerprint density at radius 3 is 2.30 bits per heavy atom. The SMILES string of the molecule is Cc1ccc(S(=O)(=O)On2c(C=Cc3ccc(C)o3)cc(C)c([N+](=O)[O-])c2=O)cc1. The summed E-state index contributed by atoms with van der Waals surface area (Å²) in [5.74, 6) is 1.11. The summed E-state index contributed by atoms with van der Waals surface area (Å²) < 4.78 is 36.2. The molecule has 3 rings (SSSR count). The van der Waals surface area contributed by atoms with Gasteiger partial charge in [0.1, 0.15) is 16.4 Å². The van der Waals surface area contributed by atoms with E-state index < -0.39 is 26.3 Å². The van der Waals surface area contributed by atoms with Crippen molar-refractivity contribution in [2.45, 2.75) is 25.7 Å². The van der Waals surface area contributed by atoms with E-state index in [-0.39, 0.29) is 16.2 Å². The topological polar surface area (TPSA) is 122 Å². The predicted octanol–water partition coefficient (Wildman–Crippen LogP) is 3.26. The second kappa shape index (κ2) is 7.99. The number of benzene rings is 1. The molecule has 2 aromatic heterocycles. The Hall–Kier alpha value is -3.66. The first kappa shape index (κ1) is 21.1. The Balaban J connectivity index is 2.13. The van der Waals surface area contributed by atoms with E-state index in [1.807, 2.05) is 0 Å². The molecule has 2 heterocycles. The molecule has 0 unspecified atom stereocenters. The molecule has 0 N–H and O–H groups in total. The smallest absolute Gasteiger partial charge is 0.363 e. The van der Waals surface area contributed by atoms with Crippen LogP contribution in [0.5, 0.6) is 0 Å². The van der Waals surface area contributed by atoms with Crippen molar-refractivity contribution in [3.05, 3.63) is 91.3 Å². The van der Waals surface area contributed by atoms with Crippen molar-refractivity contribution in [2.75, 3.05) is 0 Å². The van der Waals surface area contributed by atoms with E-state index in [0.717, 1.165) is 5.56 Å². The Morgan fingerprint density at radius 2 is 1.73 bits per heavy atom. The zero-order valence-corrected chi connectivity index (χ0v) is 17.2. The fourth-order valence-corrected chi connectivity index (χ4v) is 3.61. The van der Waals surface area contributed by atoms with Gasteiger partial charge in [-0.25, -0.2) is 0 Å². The van der Waals surface area contributed by atoms with E-state index in [1.165, 1.54) is 37.3 Å². The monoisotopic (exact) mass is 430 g/mol. The van der Waals surface area contributed by atoms with Gasteiger partial charge >= 0.3 is 21.4 Å². The van der Waals surface area contributed by atoms with Crippen LogP contribution >= 0.6 is 0 Å². The molecule has 0 saturated heterocycles. The summed E-state index contributed by atoms with van der Waals surface area (Å²) in [5.41, 5.74) is -1.10. The molecule has 3 aromatic rings. The third-order valence-corrected chi connectivity index (χ3v) is 5.40. The van der Waals surface area contributed by atoms with Gasteiger partial charge in [-0.2, -0.15) is 8.42 Å². The first-order valence-electron chi connectivity index (χ1n) is 8.76. The minimum absolute atomic E-state index is 0.00663. The second-order valence-corrected chi connectivity index (χ2v) is 8.11. The van der Waals surface area contributed by atoms with Crippen LogP contribution in [0.15, 0.2) is 56.6 Å². The van der Waals surface area contributed by atoms with Gasteiger partial charge < -0.3 is 4.42 Å². The van der Waals surface area contributed by atoms with E-state index in [1.54, 1.807) is 38.1 Å². The molecule has 0 radical (unpaired) electrons. The molecule has 0 aliphatic heterocycles. The van der Waals surface area contributed by atoms with Crippen molar-refractivity contribution in [3.8, 4) is 0 Å². The summed E-state index contributed by atoms with van der Waals surface area (Å²) in [6.45, 7) is 4.91. The molecule has 0 fully saturated rings. The Labute approximate surface area is 172 Å². The molecular weight excluding hydrogens is 412 g/mol. The number of hydrogen-bond acceptors (Lipinski definition) is 7. The molecule has 0 aliphatic rings. The van der Waals surface area contributed by atoms with Gasteiger partial charge in [-0.3, -0.25) is 19.2 Å². The van der Waals surface area contributed by atoms with Crippen LogP contribution in [0.1, 0.15) is 28.3 Å². The average molecular weight is 430 g/mol. The van der Waals surface area contributed by atoms with Gasteiger partial charge in [-0.05, 0) is 63.3 Å². The minimum atomic E-state index is -4.43. The third kappa shape index (κ3) is 4.33. The fraction of sp³-hybridized carbons (Fsp3) is 0.150. The van der Waals surface area contributed by atoms with Crippen LogP contribution in [0.25, 0.3) is 12.2 Å². The maximum atomic E-state index is 12.7. The quantitative estimate of drug-likeness (QED) is 0.434. The lowest BCUT2D eigenvalue weighted by atomic mass is 10.2. The molecular formula is C20H18N2O7S. The summed E-state index contributed by atoms with van der Waals surface area (Å²) in [4.78, 5) is 23.0. The Morgan fingerprint density at radius 1 is 1.07 bits per heavy atom. The molecule has 156 valence electrons. The average Bonchev–Trinajstić information content (AvgIpc) is 3.08. The molecule has 0 saturated carbocycles. The molecule has 1 aromatic carbocycles. The second-order valence-electron chi connectivity index (χ2n) is 6.58. The number of nitrogens with zero attached hydrogens (tertiary/aromatic N) is 2. The highest BCUT2D eigenvalue weighted by Crippen LogP contribution is 2.18. The molecule has 0 aliphatic carbocycles. The van der Waals surface area contributed by atoms with Crippen molar-refractivity contribution in [1.82, 2.24) is 4.73 Å². The van der Waals surface area contributed by atoms with E-state index in [4.69, 9.17) is 8.70 Å². The van der Waals surface area contributed by atoms with Crippen LogP contribution in [-0.4, -0.2) is 18.1 Å². The zero-order valence-electron chi connectivity index (χ0n) is 16.4. The van der Waals surface area contributed by atoms with Crippen LogP contribution in [0.2, 0.25) is 0 Å². The number of aryl methyl sites for hydroxylation is 3. The maximum absolute atomic E-state index is 12.7. The highest BCUT2D eigenvalue weighted by atomic mass is 32.2. The van der Waals surface area contributed by atoms with Gasteiger partial charge in [0.15, 0.2) is 0 Å². The lowest BCUT2D eigenvalue weighted by Crippen LogP contribution is -2.34. The molecule has 0 amide bonds. The van der Waals surface area contributed by atoms with Crippen molar-refractivity contribution in [2.24, 2.45) is 0 Å². The van der Waals surface area contributed by atoms with Gasteiger partial charge in [-0.1, -0.05) is 17.7 Å². The van der Waals surface area contributed by atoms with Crippen LogP contribution in [0.4, 0.5) is 5.69 Å². The van der Waals surface area contributed by atoms with Crippen molar-refractivity contribution in [1.29, 1.82) is 0 Å². The highest BCUT2D eigenvalue weighted by Gasteiger charge is 2.26. The Bertz CT molecular complexity index is 1300. The number of rotatable bonds is 6. The van der Waals surface area contributed by atoms with Crippen molar-refractivity contribution in [3.63, 3.8) is 0 Å². The van der Waals surface area contributed by atoms with Crippen LogP contribution in [0.3, 0.4) is 0 Å². The summed E-state index contributed by atoms with van der Waals surface area (Å²) in [6.07, 6.45) is 2.87. The minimum Gasteiger partial charge on any atom is -0.462 e. The summed E-state index contributed by atoms with van der Waals surface area (Å²) >= 11 is 0. The third-order valence-electron chi connectivity index (χ3n) is 4.20. The summed E-state index contributed by atoms with van der Waals surface area (Å²) in [7, 11) is -4.43. The Kier molecular flexibility index (Phi) is 5.61. The van der Waals surface area contributed by atoms with E-state index >= 15 is 0 Å². The van der Waals surface area contributed by atoms with E-state index in [0.29, 0.717) is 16.3 Å². The number of furan rings is 1.